The highest BCUT2D eigenvalue weighted by Crippen LogP contribution is 2.21. The summed E-state index contributed by atoms with van der Waals surface area (Å²) in [7, 11) is 0. The molecule has 0 saturated carbocycles. The minimum Gasteiger partial charge on any atom is -0.289 e. The third kappa shape index (κ3) is 3.57. The Hall–Kier alpha value is -3.58. The highest BCUT2D eigenvalue weighted by Gasteiger charge is 2.17. The average Bonchev–Trinajstić information content (AvgIpc) is 2.73. The number of hydrogen-bond acceptors (Lipinski definition) is 4. The second-order valence-electron chi connectivity index (χ2n) is 5.89. The van der Waals surface area contributed by atoms with Crippen LogP contribution in [0.5, 0.6) is 0 Å². The molecule has 0 amide bonds. The summed E-state index contributed by atoms with van der Waals surface area (Å²) >= 11 is 0. The van der Waals surface area contributed by atoms with Gasteiger partial charge in [-0.25, -0.2) is 9.59 Å². The molecule has 4 heteroatoms. The summed E-state index contributed by atoms with van der Waals surface area (Å²) in [4.78, 5) is 46.5. The van der Waals surface area contributed by atoms with Crippen LogP contribution in [0.4, 0.5) is 0 Å². The molecule has 0 N–H and O–H groups in total. The lowest BCUT2D eigenvalue weighted by Crippen LogP contribution is -2.08. The maximum Gasteiger partial charge on any atom is 0.192 e. The molecule has 0 aromatic heterocycles. The van der Waals surface area contributed by atoms with Gasteiger partial charge in [0.2, 0.25) is 0 Å². The van der Waals surface area contributed by atoms with Crippen molar-refractivity contribution in [3.8, 4) is 0 Å². The highest BCUT2D eigenvalue weighted by molar-refractivity contribution is 6.15. The Morgan fingerprint density at radius 1 is 0.731 bits per heavy atom. The molecule has 0 bridgehead atoms. The standard InChI is InChI=1S/C22H14O4/c23-13-15-4-8-17(9-5-15)21(25)19-2-1-3-20(12-19)22(26)18-10-6-16(14-24)7-11-18/h1-4,6,8-12H,5,7H2. The van der Waals surface area contributed by atoms with E-state index in [0.29, 0.717) is 46.3 Å². The smallest absolute Gasteiger partial charge is 0.192 e. The van der Waals surface area contributed by atoms with Gasteiger partial charge in [-0.05, 0) is 18.2 Å². The van der Waals surface area contributed by atoms with Gasteiger partial charge >= 0.3 is 0 Å². The normalized spacial score (nSPS) is 15.7. The quantitative estimate of drug-likeness (QED) is 0.622. The molecule has 0 saturated heterocycles. The minimum atomic E-state index is -0.208. The van der Waals surface area contributed by atoms with E-state index in [1.807, 2.05) is 11.9 Å². The Bertz CT molecular complexity index is 939. The van der Waals surface area contributed by atoms with Crippen molar-refractivity contribution in [2.75, 3.05) is 0 Å². The number of hydrogen-bond donors (Lipinski definition) is 0. The van der Waals surface area contributed by atoms with Crippen molar-refractivity contribution in [2.45, 2.75) is 12.8 Å². The first-order valence-corrected chi connectivity index (χ1v) is 8.06. The monoisotopic (exact) mass is 342 g/mol. The maximum absolute atomic E-state index is 12.6. The fourth-order valence-electron chi connectivity index (χ4n) is 2.72. The van der Waals surface area contributed by atoms with Crippen LogP contribution in [-0.2, 0) is 9.59 Å². The van der Waals surface area contributed by atoms with Crippen molar-refractivity contribution in [3.05, 3.63) is 94.1 Å². The fourth-order valence-corrected chi connectivity index (χ4v) is 2.72. The molecule has 0 aliphatic heterocycles. The van der Waals surface area contributed by atoms with Crippen molar-refractivity contribution in [2.24, 2.45) is 0 Å². The molecule has 1 aromatic carbocycles. The summed E-state index contributed by atoms with van der Waals surface area (Å²) in [5.41, 5.74) is 2.74. The summed E-state index contributed by atoms with van der Waals surface area (Å²) < 4.78 is 0. The summed E-state index contributed by atoms with van der Waals surface area (Å²) in [5, 5.41) is 0. The molecular weight excluding hydrogens is 328 g/mol. The van der Waals surface area contributed by atoms with E-state index in [2.05, 4.69) is 0 Å². The van der Waals surface area contributed by atoms with Gasteiger partial charge in [-0.3, -0.25) is 9.59 Å². The van der Waals surface area contributed by atoms with E-state index in [1.54, 1.807) is 60.7 Å². The molecule has 0 atom stereocenters. The molecule has 126 valence electrons. The highest BCUT2D eigenvalue weighted by atomic mass is 16.1. The Morgan fingerprint density at radius 3 is 1.54 bits per heavy atom. The van der Waals surface area contributed by atoms with Crippen LogP contribution in [0.2, 0.25) is 0 Å². The van der Waals surface area contributed by atoms with E-state index in [-0.39, 0.29) is 11.6 Å². The first kappa shape index (κ1) is 17.2. The zero-order valence-electron chi connectivity index (χ0n) is 13.8. The van der Waals surface area contributed by atoms with E-state index in [1.165, 1.54) is 0 Å². The predicted molar refractivity (Wildman–Crippen MR) is 97.2 cm³/mol. The van der Waals surface area contributed by atoms with Crippen LogP contribution in [-0.4, -0.2) is 23.4 Å². The van der Waals surface area contributed by atoms with Crippen LogP contribution in [0.3, 0.4) is 0 Å². The van der Waals surface area contributed by atoms with Gasteiger partial charge in [-0.15, -0.1) is 0 Å². The average molecular weight is 342 g/mol. The molecule has 0 radical (unpaired) electrons. The van der Waals surface area contributed by atoms with Crippen molar-refractivity contribution in [1.29, 1.82) is 0 Å². The molecule has 3 rings (SSSR count). The van der Waals surface area contributed by atoms with Crippen molar-refractivity contribution in [3.63, 3.8) is 0 Å². The molecule has 0 spiro atoms. The van der Waals surface area contributed by atoms with Gasteiger partial charge in [0.1, 0.15) is 11.9 Å². The molecule has 4 nitrogen and oxygen atoms in total. The van der Waals surface area contributed by atoms with Crippen LogP contribution in [0.15, 0.2) is 83.0 Å². The second-order valence-corrected chi connectivity index (χ2v) is 5.89. The zero-order chi connectivity index (χ0) is 18.5. The Morgan fingerprint density at radius 2 is 1.19 bits per heavy atom. The first-order chi connectivity index (χ1) is 12.6. The molecule has 0 heterocycles. The van der Waals surface area contributed by atoms with E-state index in [4.69, 9.17) is 0 Å². The van der Waals surface area contributed by atoms with E-state index < -0.39 is 0 Å². The van der Waals surface area contributed by atoms with Crippen molar-refractivity contribution >= 4 is 23.4 Å². The van der Waals surface area contributed by atoms with Crippen LogP contribution in [0, 0.1) is 0 Å². The number of allylic oxidation sites excluding steroid dienone is 10. The van der Waals surface area contributed by atoms with Gasteiger partial charge in [0, 0.05) is 46.3 Å². The molecule has 0 unspecified atom stereocenters. The first-order valence-electron chi connectivity index (χ1n) is 8.06. The number of ketones is 2. The number of benzene rings is 1. The van der Waals surface area contributed by atoms with Crippen LogP contribution >= 0.6 is 0 Å². The molecular formula is C22H14O4. The Labute approximate surface area is 150 Å². The van der Waals surface area contributed by atoms with Crippen LogP contribution < -0.4 is 0 Å². The molecule has 1 aromatic rings. The zero-order valence-corrected chi connectivity index (χ0v) is 13.8. The number of carbonyl (C=O) groups excluding carboxylic acids is 4. The number of carbonyl (C=O) groups is 2. The largest absolute Gasteiger partial charge is 0.289 e. The van der Waals surface area contributed by atoms with Gasteiger partial charge < -0.3 is 0 Å². The lowest BCUT2D eigenvalue weighted by molar-refractivity contribution is 0.103. The van der Waals surface area contributed by atoms with E-state index >= 15 is 0 Å². The third-order valence-electron chi connectivity index (χ3n) is 4.19. The Balaban J connectivity index is 1.83. The SMILES string of the molecule is O=C=C1C=CC(C(=O)c2cccc(C(=O)C3=CCC(=C=O)C=C3)c2)=CC1. The molecule has 2 aliphatic carbocycles. The summed E-state index contributed by atoms with van der Waals surface area (Å²) in [6.45, 7) is 0. The minimum absolute atomic E-state index is 0.208. The topological polar surface area (TPSA) is 68.3 Å². The van der Waals surface area contributed by atoms with Crippen LogP contribution in [0.1, 0.15) is 33.6 Å². The maximum atomic E-state index is 12.6. The van der Waals surface area contributed by atoms with Gasteiger partial charge in [-0.2, -0.15) is 0 Å². The lowest BCUT2D eigenvalue weighted by Gasteiger charge is -2.09. The third-order valence-corrected chi connectivity index (χ3v) is 4.19. The molecule has 0 fully saturated rings. The van der Waals surface area contributed by atoms with Crippen molar-refractivity contribution in [1.82, 2.24) is 0 Å². The molecule has 2 aliphatic rings. The predicted octanol–water partition coefficient (Wildman–Crippen LogP) is 3.34. The van der Waals surface area contributed by atoms with E-state index in [0.717, 1.165) is 0 Å². The fraction of sp³-hybridized carbons (Fsp3) is 0.0909. The Kier molecular flexibility index (Phi) is 5.00. The summed E-state index contributed by atoms with van der Waals surface area (Å²) in [5.74, 6) is 3.21. The summed E-state index contributed by atoms with van der Waals surface area (Å²) in [6, 6.07) is 6.52. The lowest BCUT2D eigenvalue weighted by atomic mass is 9.92. The van der Waals surface area contributed by atoms with Gasteiger partial charge in [0.25, 0.3) is 0 Å². The number of rotatable bonds is 4. The van der Waals surface area contributed by atoms with Gasteiger partial charge in [-0.1, -0.05) is 42.5 Å². The van der Waals surface area contributed by atoms with Gasteiger partial charge in [0.05, 0.1) is 0 Å². The van der Waals surface area contributed by atoms with Gasteiger partial charge in [0.15, 0.2) is 11.6 Å². The molecule has 26 heavy (non-hydrogen) atoms. The second kappa shape index (κ2) is 7.54. The number of Topliss-reactive ketones (excluding diaryl/α,β-unsaturated/α-hetero) is 2. The van der Waals surface area contributed by atoms with Crippen molar-refractivity contribution < 1.29 is 19.2 Å². The van der Waals surface area contributed by atoms with E-state index in [9.17, 15) is 19.2 Å². The summed E-state index contributed by atoms with van der Waals surface area (Å²) in [6.07, 6.45) is 10.4. The van der Waals surface area contributed by atoms with Crippen LogP contribution in [0.25, 0.3) is 0 Å².